The molecule has 9 heteroatoms. The number of aryl methyl sites for hydroxylation is 1. The molecule has 0 radical (unpaired) electrons. The number of carbonyl (C=O) groups excluding carboxylic acids is 3. The van der Waals surface area contributed by atoms with E-state index in [2.05, 4.69) is 20.9 Å². The minimum absolute atomic E-state index is 0.167. The van der Waals surface area contributed by atoms with Crippen LogP contribution in [0.15, 0.2) is 28.8 Å². The maximum Gasteiger partial charge on any atom is 0.252 e. The first kappa shape index (κ1) is 18.1. The Kier molecular flexibility index (Phi) is 4.58. The van der Waals surface area contributed by atoms with E-state index in [1.807, 2.05) is 0 Å². The van der Waals surface area contributed by atoms with Gasteiger partial charge in [-0.1, -0.05) is 18.0 Å². The molecule has 3 amide bonds. The molecule has 0 spiro atoms. The van der Waals surface area contributed by atoms with Crippen LogP contribution in [0.3, 0.4) is 0 Å². The first-order valence-corrected chi connectivity index (χ1v) is 9.33. The van der Waals surface area contributed by atoms with Crippen LogP contribution in [0.5, 0.6) is 0 Å². The second-order valence-electron chi connectivity index (χ2n) is 7.19. The van der Waals surface area contributed by atoms with E-state index < -0.39 is 5.54 Å². The number of anilines is 1. The second-order valence-corrected chi connectivity index (χ2v) is 7.19. The highest BCUT2D eigenvalue weighted by molar-refractivity contribution is 6.01. The smallest absolute Gasteiger partial charge is 0.252 e. The van der Waals surface area contributed by atoms with Gasteiger partial charge in [0.1, 0.15) is 5.54 Å². The largest absolute Gasteiger partial charge is 0.340 e. The summed E-state index contributed by atoms with van der Waals surface area (Å²) in [6.45, 7) is 1.72. The van der Waals surface area contributed by atoms with Crippen LogP contribution in [0, 0.1) is 6.92 Å². The first-order chi connectivity index (χ1) is 13.5. The van der Waals surface area contributed by atoms with Gasteiger partial charge >= 0.3 is 0 Å². The van der Waals surface area contributed by atoms with Crippen LogP contribution in [0.1, 0.15) is 60.6 Å². The number of nitrogens with zero attached hydrogens (tertiary/aromatic N) is 3. The van der Waals surface area contributed by atoms with Gasteiger partial charge in [-0.2, -0.15) is 4.98 Å². The molecule has 2 N–H and O–H groups in total. The average Bonchev–Trinajstić information content (AvgIpc) is 3.34. The topological polar surface area (TPSA) is 117 Å². The first-order valence-electron chi connectivity index (χ1n) is 9.33. The van der Waals surface area contributed by atoms with Crippen molar-refractivity contribution < 1.29 is 18.9 Å². The van der Waals surface area contributed by atoms with Gasteiger partial charge in [0.15, 0.2) is 5.82 Å². The number of benzene rings is 1. The Morgan fingerprint density at radius 1 is 1.18 bits per heavy atom. The maximum atomic E-state index is 12.8. The lowest BCUT2D eigenvalue weighted by atomic mass is 9.96. The minimum Gasteiger partial charge on any atom is -0.340 e. The van der Waals surface area contributed by atoms with Crippen molar-refractivity contribution in [3.05, 3.63) is 41.5 Å². The molecule has 0 atom stereocenters. The number of hydrogen-bond acceptors (Lipinski definition) is 6. The number of hydrazine groups is 1. The van der Waals surface area contributed by atoms with Crippen molar-refractivity contribution in [1.29, 1.82) is 0 Å². The van der Waals surface area contributed by atoms with Crippen molar-refractivity contribution in [1.82, 2.24) is 20.9 Å². The third kappa shape index (κ3) is 3.35. The molecule has 2 aliphatic rings. The lowest BCUT2D eigenvalue weighted by Crippen LogP contribution is -2.50. The Hall–Kier alpha value is -3.23. The van der Waals surface area contributed by atoms with E-state index in [4.69, 9.17) is 4.52 Å². The molecule has 28 heavy (non-hydrogen) atoms. The van der Waals surface area contributed by atoms with E-state index in [1.165, 1.54) is 5.01 Å². The molecule has 0 unspecified atom stereocenters. The van der Waals surface area contributed by atoms with E-state index in [-0.39, 0.29) is 30.6 Å². The van der Waals surface area contributed by atoms with Crippen molar-refractivity contribution in [2.75, 3.05) is 5.01 Å². The molecule has 1 aliphatic heterocycles. The van der Waals surface area contributed by atoms with Gasteiger partial charge in [-0.25, -0.2) is 5.01 Å². The van der Waals surface area contributed by atoms with Crippen molar-refractivity contribution >= 4 is 23.4 Å². The number of hydrogen-bond donors (Lipinski definition) is 2. The normalized spacial score (nSPS) is 18.8. The summed E-state index contributed by atoms with van der Waals surface area (Å²) in [5.41, 5.74) is 2.88. The molecule has 2 fully saturated rings. The molecular formula is C19H21N5O4. The highest BCUT2D eigenvalue weighted by atomic mass is 16.5. The summed E-state index contributed by atoms with van der Waals surface area (Å²) in [5, 5.41) is 8.32. The maximum absolute atomic E-state index is 12.8. The van der Waals surface area contributed by atoms with Crippen LogP contribution in [0.4, 0.5) is 5.69 Å². The van der Waals surface area contributed by atoms with Gasteiger partial charge in [0, 0.05) is 25.3 Å². The molecular weight excluding hydrogens is 362 g/mol. The quantitative estimate of drug-likeness (QED) is 0.830. The predicted molar refractivity (Wildman–Crippen MR) is 98.0 cm³/mol. The molecule has 4 rings (SSSR count). The van der Waals surface area contributed by atoms with Gasteiger partial charge in [-0.05, 0) is 37.1 Å². The van der Waals surface area contributed by atoms with Crippen LogP contribution in [0.25, 0.3) is 0 Å². The molecule has 2 heterocycles. The van der Waals surface area contributed by atoms with E-state index in [1.54, 1.807) is 31.2 Å². The van der Waals surface area contributed by atoms with E-state index in [0.29, 0.717) is 23.0 Å². The van der Waals surface area contributed by atoms with Crippen LogP contribution in [-0.4, -0.2) is 27.9 Å². The Labute approximate surface area is 161 Å². The van der Waals surface area contributed by atoms with Crippen LogP contribution >= 0.6 is 0 Å². The minimum atomic E-state index is -0.621. The molecule has 1 saturated carbocycles. The monoisotopic (exact) mass is 383 g/mol. The molecule has 1 aromatic carbocycles. The fourth-order valence-corrected chi connectivity index (χ4v) is 3.71. The molecule has 1 saturated heterocycles. The summed E-state index contributed by atoms with van der Waals surface area (Å²) < 4.78 is 5.11. The zero-order chi connectivity index (χ0) is 19.7. The fourth-order valence-electron chi connectivity index (χ4n) is 3.71. The Balaban J connectivity index is 1.52. The SMILES string of the molecule is Cc1nc(C2(NC(=O)c3ccc(N4NC(=O)CCC4=O)cc3)CCCC2)no1. The van der Waals surface area contributed by atoms with Crippen molar-refractivity contribution in [2.45, 2.75) is 51.0 Å². The molecule has 2 aromatic rings. The second kappa shape index (κ2) is 7.06. The summed E-state index contributed by atoms with van der Waals surface area (Å²) in [4.78, 5) is 40.7. The fraction of sp³-hybridized carbons (Fsp3) is 0.421. The molecule has 1 aliphatic carbocycles. The van der Waals surface area contributed by atoms with Gasteiger partial charge in [-0.15, -0.1) is 0 Å². The standard InChI is InChI=1S/C19H21N5O4/c1-12-20-18(23-28-12)19(10-2-3-11-19)21-17(27)13-4-6-14(7-5-13)24-16(26)9-8-15(25)22-24/h4-7H,2-3,8-11H2,1H3,(H,21,27)(H,22,25). The number of rotatable bonds is 4. The molecule has 9 nitrogen and oxygen atoms in total. The highest BCUT2D eigenvalue weighted by Crippen LogP contribution is 2.37. The van der Waals surface area contributed by atoms with E-state index in [9.17, 15) is 14.4 Å². The highest BCUT2D eigenvalue weighted by Gasteiger charge is 2.41. The Morgan fingerprint density at radius 2 is 1.89 bits per heavy atom. The Morgan fingerprint density at radius 3 is 2.54 bits per heavy atom. The van der Waals surface area contributed by atoms with Gasteiger partial charge in [-0.3, -0.25) is 19.8 Å². The molecule has 146 valence electrons. The Bertz CT molecular complexity index is 915. The summed E-state index contributed by atoms with van der Waals surface area (Å²) >= 11 is 0. The number of nitrogens with one attached hydrogen (secondary N) is 2. The molecule has 1 aromatic heterocycles. The predicted octanol–water partition coefficient (Wildman–Crippen LogP) is 1.74. The van der Waals surface area contributed by atoms with Gasteiger partial charge in [0.05, 0.1) is 5.69 Å². The molecule has 0 bridgehead atoms. The lowest BCUT2D eigenvalue weighted by molar-refractivity contribution is -0.130. The van der Waals surface area contributed by atoms with Crippen LogP contribution in [-0.2, 0) is 15.1 Å². The summed E-state index contributed by atoms with van der Waals surface area (Å²) in [6, 6.07) is 6.53. The zero-order valence-corrected chi connectivity index (χ0v) is 15.5. The number of aromatic nitrogens is 2. The van der Waals surface area contributed by atoms with Crippen molar-refractivity contribution in [3.8, 4) is 0 Å². The number of carbonyl (C=O) groups is 3. The van der Waals surface area contributed by atoms with Crippen LogP contribution < -0.4 is 15.8 Å². The van der Waals surface area contributed by atoms with Crippen LogP contribution in [0.2, 0.25) is 0 Å². The van der Waals surface area contributed by atoms with Gasteiger partial charge in [0.2, 0.25) is 17.7 Å². The van der Waals surface area contributed by atoms with E-state index >= 15 is 0 Å². The summed E-state index contributed by atoms with van der Waals surface area (Å²) in [5.74, 6) is 0.335. The van der Waals surface area contributed by atoms with Gasteiger partial charge < -0.3 is 9.84 Å². The summed E-state index contributed by atoms with van der Waals surface area (Å²) in [6.07, 6.45) is 3.82. The summed E-state index contributed by atoms with van der Waals surface area (Å²) in [7, 11) is 0. The van der Waals surface area contributed by atoms with Gasteiger partial charge in [0.25, 0.3) is 5.91 Å². The van der Waals surface area contributed by atoms with Crippen molar-refractivity contribution in [3.63, 3.8) is 0 Å². The zero-order valence-electron chi connectivity index (χ0n) is 15.5. The average molecular weight is 383 g/mol. The lowest BCUT2D eigenvalue weighted by Gasteiger charge is -2.28. The number of amides is 3. The third-order valence-electron chi connectivity index (χ3n) is 5.21. The third-order valence-corrected chi connectivity index (χ3v) is 5.21. The van der Waals surface area contributed by atoms with E-state index in [0.717, 1.165) is 25.7 Å². The van der Waals surface area contributed by atoms with Crippen molar-refractivity contribution in [2.24, 2.45) is 0 Å².